The van der Waals surface area contributed by atoms with Gasteiger partial charge in [0, 0.05) is 6.04 Å². The lowest BCUT2D eigenvalue weighted by Gasteiger charge is -2.30. The lowest BCUT2D eigenvalue weighted by Crippen LogP contribution is -2.58. The van der Waals surface area contributed by atoms with Crippen LogP contribution in [0.2, 0.25) is 0 Å². The SMILES string of the molecule is CCCC1C(=O)NC(=O)N(C2CC2CCC)C1=O. The summed E-state index contributed by atoms with van der Waals surface area (Å²) in [5, 5.41) is 2.31. The van der Waals surface area contributed by atoms with E-state index >= 15 is 0 Å². The molecule has 4 amide bonds. The number of urea groups is 1. The van der Waals surface area contributed by atoms with E-state index in [2.05, 4.69) is 12.2 Å². The minimum atomic E-state index is -0.671. The monoisotopic (exact) mass is 252 g/mol. The van der Waals surface area contributed by atoms with Crippen LogP contribution in [0.4, 0.5) is 4.79 Å². The summed E-state index contributed by atoms with van der Waals surface area (Å²) in [4.78, 5) is 36.9. The normalized spacial score (nSPS) is 31.6. The van der Waals surface area contributed by atoms with Crippen molar-refractivity contribution in [1.82, 2.24) is 10.2 Å². The molecule has 1 heterocycles. The van der Waals surface area contributed by atoms with Gasteiger partial charge in [0.2, 0.25) is 11.8 Å². The van der Waals surface area contributed by atoms with Gasteiger partial charge in [-0.1, -0.05) is 26.7 Å². The molecule has 0 spiro atoms. The summed E-state index contributed by atoms with van der Waals surface area (Å²) in [6.07, 6.45) is 4.25. The van der Waals surface area contributed by atoms with E-state index in [9.17, 15) is 14.4 Å². The number of hydrogen-bond donors (Lipinski definition) is 1. The molecule has 1 saturated carbocycles. The number of nitrogens with one attached hydrogen (secondary N) is 1. The van der Waals surface area contributed by atoms with Crippen molar-refractivity contribution >= 4 is 17.8 Å². The maximum absolute atomic E-state index is 12.2. The third kappa shape index (κ3) is 2.26. The van der Waals surface area contributed by atoms with Crippen molar-refractivity contribution in [3.8, 4) is 0 Å². The molecule has 0 aromatic carbocycles. The quantitative estimate of drug-likeness (QED) is 0.757. The molecule has 0 aromatic rings. The molecule has 0 bridgehead atoms. The van der Waals surface area contributed by atoms with Gasteiger partial charge in [0.15, 0.2) is 0 Å². The van der Waals surface area contributed by atoms with Crippen molar-refractivity contribution in [3.63, 3.8) is 0 Å². The number of carbonyl (C=O) groups is 3. The fourth-order valence-electron chi connectivity index (χ4n) is 2.72. The average Bonchev–Trinajstić information content (AvgIpc) is 3.04. The first-order chi connectivity index (χ1) is 8.60. The molecule has 1 aliphatic heterocycles. The standard InChI is InChI=1S/C13H20N2O3/c1-3-5-8-7-10(8)15-12(17)9(6-4-2)11(16)14-13(15)18/h8-10H,3-7H2,1-2H3,(H,14,16,18). The molecule has 2 fully saturated rings. The highest BCUT2D eigenvalue weighted by Gasteiger charge is 2.51. The summed E-state index contributed by atoms with van der Waals surface area (Å²) in [5.41, 5.74) is 0. The number of nitrogens with zero attached hydrogens (tertiary/aromatic N) is 1. The molecule has 3 atom stereocenters. The van der Waals surface area contributed by atoms with Crippen LogP contribution in [-0.4, -0.2) is 28.8 Å². The van der Waals surface area contributed by atoms with Crippen LogP contribution in [0.5, 0.6) is 0 Å². The summed E-state index contributed by atoms with van der Waals surface area (Å²) < 4.78 is 0. The van der Waals surface area contributed by atoms with Gasteiger partial charge >= 0.3 is 6.03 Å². The number of rotatable bonds is 5. The number of imide groups is 2. The van der Waals surface area contributed by atoms with Gasteiger partial charge in [-0.05, 0) is 25.2 Å². The van der Waals surface area contributed by atoms with Crippen molar-refractivity contribution < 1.29 is 14.4 Å². The summed E-state index contributed by atoms with van der Waals surface area (Å²) in [6.45, 7) is 4.02. The van der Waals surface area contributed by atoms with Crippen molar-refractivity contribution in [3.05, 3.63) is 0 Å². The molecule has 2 aliphatic rings. The van der Waals surface area contributed by atoms with Crippen LogP contribution >= 0.6 is 0 Å². The molecule has 100 valence electrons. The number of carbonyl (C=O) groups excluding carboxylic acids is 3. The molecule has 18 heavy (non-hydrogen) atoms. The highest BCUT2D eigenvalue weighted by molar-refractivity contribution is 6.16. The molecule has 5 heteroatoms. The third-order valence-corrected chi connectivity index (χ3v) is 3.75. The van der Waals surface area contributed by atoms with E-state index in [1.807, 2.05) is 6.92 Å². The van der Waals surface area contributed by atoms with E-state index in [1.165, 1.54) is 4.90 Å². The van der Waals surface area contributed by atoms with Crippen LogP contribution < -0.4 is 5.32 Å². The zero-order valence-electron chi connectivity index (χ0n) is 10.9. The van der Waals surface area contributed by atoms with E-state index in [0.717, 1.165) is 25.7 Å². The van der Waals surface area contributed by atoms with Crippen molar-refractivity contribution in [2.45, 2.75) is 52.0 Å². The first kappa shape index (κ1) is 13.1. The summed E-state index contributed by atoms with van der Waals surface area (Å²) >= 11 is 0. The second-order valence-corrected chi connectivity index (χ2v) is 5.20. The molecule has 5 nitrogen and oxygen atoms in total. The predicted molar refractivity (Wildman–Crippen MR) is 65.6 cm³/mol. The molecule has 0 radical (unpaired) electrons. The Labute approximate surface area is 107 Å². The van der Waals surface area contributed by atoms with Gasteiger partial charge < -0.3 is 0 Å². The minimum absolute atomic E-state index is 0.0184. The predicted octanol–water partition coefficient (Wildman–Crippen LogP) is 1.67. The van der Waals surface area contributed by atoms with E-state index in [-0.39, 0.29) is 11.9 Å². The van der Waals surface area contributed by atoms with E-state index < -0.39 is 17.9 Å². The summed E-state index contributed by atoms with van der Waals surface area (Å²) in [5.74, 6) is -0.972. The molecular weight excluding hydrogens is 232 g/mol. The summed E-state index contributed by atoms with van der Waals surface area (Å²) in [6, 6.07) is -0.508. The number of hydrogen-bond acceptors (Lipinski definition) is 3. The van der Waals surface area contributed by atoms with Crippen molar-refractivity contribution in [2.24, 2.45) is 11.8 Å². The lowest BCUT2D eigenvalue weighted by atomic mass is 9.99. The lowest BCUT2D eigenvalue weighted by molar-refractivity contribution is -0.143. The number of amides is 4. The van der Waals surface area contributed by atoms with Crippen LogP contribution in [0.25, 0.3) is 0 Å². The van der Waals surface area contributed by atoms with Crippen molar-refractivity contribution in [2.75, 3.05) is 0 Å². The van der Waals surface area contributed by atoms with Gasteiger partial charge in [-0.25, -0.2) is 4.79 Å². The molecule has 1 aliphatic carbocycles. The topological polar surface area (TPSA) is 66.5 Å². The van der Waals surface area contributed by atoms with E-state index in [4.69, 9.17) is 0 Å². The molecule has 0 aromatic heterocycles. The fourth-order valence-corrected chi connectivity index (χ4v) is 2.72. The maximum Gasteiger partial charge on any atom is 0.331 e. The second kappa shape index (κ2) is 5.08. The van der Waals surface area contributed by atoms with Crippen LogP contribution in [0.15, 0.2) is 0 Å². The Morgan fingerprint density at radius 3 is 2.44 bits per heavy atom. The Hall–Kier alpha value is -1.39. The van der Waals surface area contributed by atoms with Crippen LogP contribution in [0, 0.1) is 11.8 Å². The highest BCUT2D eigenvalue weighted by atomic mass is 16.2. The van der Waals surface area contributed by atoms with Gasteiger partial charge in [-0.2, -0.15) is 0 Å². The van der Waals surface area contributed by atoms with E-state index in [1.54, 1.807) is 0 Å². The van der Waals surface area contributed by atoms with Gasteiger partial charge in [0.05, 0.1) is 0 Å². The van der Waals surface area contributed by atoms with Gasteiger partial charge in [-0.15, -0.1) is 0 Å². The number of barbiturate groups is 1. The smallest absolute Gasteiger partial charge is 0.277 e. The van der Waals surface area contributed by atoms with Crippen LogP contribution in [0.3, 0.4) is 0 Å². The van der Waals surface area contributed by atoms with Crippen LogP contribution in [0.1, 0.15) is 46.0 Å². The maximum atomic E-state index is 12.2. The molecule has 1 N–H and O–H groups in total. The third-order valence-electron chi connectivity index (χ3n) is 3.75. The second-order valence-electron chi connectivity index (χ2n) is 5.20. The Morgan fingerprint density at radius 2 is 1.83 bits per heavy atom. The van der Waals surface area contributed by atoms with E-state index in [0.29, 0.717) is 12.3 Å². The zero-order valence-corrected chi connectivity index (χ0v) is 10.9. The van der Waals surface area contributed by atoms with Gasteiger partial charge in [0.25, 0.3) is 0 Å². The first-order valence-electron chi connectivity index (χ1n) is 6.78. The minimum Gasteiger partial charge on any atom is -0.277 e. The molecule has 2 rings (SSSR count). The summed E-state index contributed by atoms with van der Waals surface area (Å²) in [7, 11) is 0. The Balaban J connectivity index is 2.08. The largest absolute Gasteiger partial charge is 0.331 e. The Kier molecular flexibility index (Phi) is 3.68. The van der Waals surface area contributed by atoms with Gasteiger partial charge in [-0.3, -0.25) is 19.8 Å². The Morgan fingerprint density at radius 1 is 1.17 bits per heavy atom. The fraction of sp³-hybridized carbons (Fsp3) is 0.769. The highest BCUT2D eigenvalue weighted by Crippen LogP contribution is 2.40. The van der Waals surface area contributed by atoms with Crippen LogP contribution in [-0.2, 0) is 9.59 Å². The Bertz CT molecular complexity index is 380. The zero-order chi connectivity index (χ0) is 13.3. The van der Waals surface area contributed by atoms with Gasteiger partial charge in [0.1, 0.15) is 5.92 Å². The molecular formula is C13H20N2O3. The molecule has 3 unspecified atom stereocenters. The average molecular weight is 252 g/mol. The molecule has 1 saturated heterocycles. The first-order valence-corrected chi connectivity index (χ1v) is 6.78. The van der Waals surface area contributed by atoms with Crippen molar-refractivity contribution in [1.29, 1.82) is 0 Å².